The Hall–Kier alpha value is -1.10. The molecule has 94 valence electrons. The molecule has 0 aliphatic rings. The van der Waals surface area contributed by atoms with Crippen molar-refractivity contribution >= 4 is 50.5 Å². The largest absolute Gasteiger partial charge is 0.456 e. The molecule has 18 heavy (non-hydrogen) atoms. The molecule has 4 N–H and O–H groups in total. The van der Waals surface area contributed by atoms with Crippen molar-refractivity contribution in [3.05, 3.63) is 44.8 Å². The van der Waals surface area contributed by atoms with Gasteiger partial charge in [-0.25, -0.2) is 0 Å². The maximum atomic E-state index is 6.05. The Balaban J connectivity index is 2.34. The van der Waals surface area contributed by atoms with Gasteiger partial charge in [0.15, 0.2) is 0 Å². The van der Waals surface area contributed by atoms with E-state index in [9.17, 15) is 0 Å². The lowest BCUT2D eigenvalue weighted by Gasteiger charge is -2.10. The Kier molecular flexibility index (Phi) is 3.90. The zero-order valence-electron chi connectivity index (χ0n) is 9.08. The van der Waals surface area contributed by atoms with Crippen LogP contribution in [0.3, 0.4) is 0 Å². The molecule has 0 atom stereocenters. The Morgan fingerprint density at radius 1 is 0.944 bits per heavy atom. The van der Waals surface area contributed by atoms with Gasteiger partial charge in [0.25, 0.3) is 0 Å². The van der Waals surface area contributed by atoms with Crippen molar-refractivity contribution in [2.45, 2.75) is 0 Å². The van der Waals surface area contributed by atoms with E-state index < -0.39 is 0 Å². The molecule has 2 aromatic rings. The second kappa shape index (κ2) is 5.26. The lowest BCUT2D eigenvalue weighted by molar-refractivity contribution is 0.483. The molecule has 0 spiro atoms. The molecular weight excluding hydrogens is 339 g/mol. The second-order valence-corrected chi connectivity index (χ2v) is 5.26. The number of rotatable bonds is 2. The van der Waals surface area contributed by atoms with Crippen LogP contribution in [0, 0.1) is 0 Å². The molecule has 6 heteroatoms. The van der Waals surface area contributed by atoms with E-state index in [0.717, 1.165) is 0 Å². The van der Waals surface area contributed by atoms with Crippen LogP contribution < -0.4 is 16.2 Å². The second-order valence-electron chi connectivity index (χ2n) is 3.59. The summed E-state index contributed by atoms with van der Waals surface area (Å²) in [6, 6.07) is 8.29. The van der Waals surface area contributed by atoms with Crippen LogP contribution in [0.15, 0.2) is 34.8 Å². The smallest absolute Gasteiger partial charge is 0.147 e. The molecule has 3 nitrogen and oxygen atoms in total. The zero-order chi connectivity index (χ0) is 13.3. The third-order valence-corrected chi connectivity index (χ3v) is 3.75. The summed E-state index contributed by atoms with van der Waals surface area (Å²) in [5.74, 6) is 0.996. The van der Waals surface area contributed by atoms with E-state index in [1.54, 1.807) is 30.3 Å². The van der Waals surface area contributed by atoms with Crippen LogP contribution in [-0.2, 0) is 0 Å². The summed E-state index contributed by atoms with van der Waals surface area (Å²) >= 11 is 15.3. The van der Waals surface area contributed by atoms with E-state index in [1.165, 1.54) is 0 Å². The van der Waals surface area contributed by atoms with Gasteiger partial charge in [0.1, 0.15) is 11.5 Å². The van der Waals surface area contributed by atoms with Gasteiger partial charge in [-0.1, -0.05) is 23.2 Å². The van der Waals surface area contributed by atoms with E-state index in [0.29, 0.717) is 37.4 Å². The summed E-state index contributed by atoms with van der Waals surface area (Å²) in [7, 11) is 0. The molecular formula is C12H9BrCl2N2O. The molecule has 0 aromatic heterocycles. The van der Waals surface area contributed by atoms with Crippen LogP contribution in [0.25, 0.3) is 0 Å². The van der Waals surface area contributed by atoms with Gasteiger partial charge in [0.05, 0.1) is 21.4 Å². The van der Waals surface area contributed by atoms with Crippen molar-refractivity contribution in [1.29, 1.82) is 0 Å². The first kappa shape index (κ1) is 13.3. The van der Waals surface area contributed by atoms with Crippen molar-refractivity contribution in [1.82, 2.24) is 0 Å². The molecule has 0 unspecified atom stereocenters. The quantitative estimate of drug-likeness (QED) is 0.610. The third kappa shape index (κ3) is 2.83. The lowest BCUT2D eigenvalue weighted by atomic mass is 10.2. The molecule has 0 heterocycles. The molecule has 2 rings (SSSR count). The summed E-state index contributed by atoms with van der Waals surface area (Å²) < 4.78 is 6.31. The number of nitrogen functional groups attached to an aromatic ring is 2. The molecule has 0 amide bonds. The minimum Gasteiger partial charge on any atom is -0.456 e. The predicted molar refractivity (Wildman–Crippen MR) is 79.5 cm³/mol. The van der Waals surface area contributed by atoms with Gasteiger partial charge < -0.3 is 16.2 Å². The van der Waals surface area contributed by atoms with Crippen LogP contribution in [0.1, 0.15) is 0 Å². The van der Waals surface area contributed by atoms with Gasteiger partial charge in [0.2, 0.25) is 0 Å². The average Bonchev–Trinajstić information content (AvgIpc) is 2.31. The fourth-order valence-electron chi connectivity index (χ4n) is 1.33. The highest BCUT2D eigenvalue weighted by Crippen LogP contribution is 2.37. The molecule has 2 aromatic carbocycles. The minimum absolute atomic E-state index is 0.446. The summed E-state index contributed by atoms with van der Waals surface area (Å²) in [6.45, 7) is 0. The Morgan fingerprint density at radius 2 is 1.67 bits per heavy atom. The summed E-state index contributed by atoms with van der Waals surface area (Å²) in [5.41, 5.74) is 12.3. The van der Waals surface area contributed by atoms with Crippen LogP contribution in [0.2, 0.25) is 10.0 Å². The lowest BCUT2D eigenvalue weighted by Crippen LogP contribution is -1.95. The highest BCUT2D eigenvalue weighted by atomic mass is 79.9. The monoisotopic (exact) mass is 346 g/mol. The Bertz CT molecular complexity index is 605. The van der Waals surface area contributed by atoms with Crippen molar-refractivity contribution in [3.63, 3.8) is 0 Å². The average molecular weight is 348 g/mol. The minimum atomic E-state index is 0.446. The molecule has 0 aliphatic heterocycles. The highest BCUT2D eigenvalue weighted by molar-refractivity contribution is 9.10. The van der Waals surface area contributed by atoms with Crippen LogP contribution in [0.5, 0.6) is 11.5 Å². The van der Waals surface area contributed by atoms with Crippen LogP contribution in [0.4, 0.5) is 11.4 Å². The van der Waals surface area contributed by atoms with Crippen LogP contribution in [-0.4, -0.2) is 0 Å². The number of hydrogen-bond donors (Lipinski definition) is 2. The number of hydrogen-bond acceptors (Lipinski definition) is 3. The topological polar surface area (TPSA) is 61.3 Å². The molecule has 0 saturated heterocycles. The molecule has 0 fully saturated rings. The van der Waals surface area contributed by atoms with Gasteiger partial charge >= 0.3 is 0 Å². The normalized spacial score (nSPS) is 10.4. The van der Waals surface area contributed by atoms with E-state index in [4.69, 9.17) is 39.4 Å². The molecule has 0 bridgehead atoms. The predicted octanol–water partition coefficient (Wildman–Crippen LogP) is 4.71. The first-order valence-electron chi connectivity index (χ1n) is 4.95. The number of nitrogens with two attached hydrogens (primary N) is 2. The molecule has 0 saturated carbocycles. The summed E-state index contributed by atoms with van der Waals surface area (Å²) in [5, 5.41) is 0.958. The van der Waals surface area contributed by atoms with E-state index in [2.05, 4.69) is 15.9 Å². The molecule has 0 aliphatic carbocycles. The standard InChI is InChI=1S/C12H9BrCl2N2O/c13-7-4-9(15)12(5-8(7)14)18-6-1-2-10(16)11(17)3-6/h1-5H,16-17H2. The Morgan fingerprint density at radius 3 is 2.33 bits per heavy atom. The fraction of sp³-hybridized carbons (Fsp3) is 0. The van der Waals surface area contributed by atoms with Crippen molar-refractivity contribution in [2.24, 2.45) is 0 Å². The summed E-state index contributed by atoms with van der Waals surface area (Å²) in [6.07, 6.45) is 0. The number of benzene rings is 2. The third-order valence-electron chi connectivity index (χ3n) is 2.26. The molecule has 0 radical (unpaired) electrons. The van der Waals surface area contributed by atoms with E-state index >= 15 is 0 Å². The first-order chi connectivity index (χ1) is 8.47. The first-order valence-corrected chi connectivity index (χ1v) is 6.49. The SMILES string of the molecule is Nc1ccc(Oc2cc(Cl)c(Br)cc2Cl)cc1N. The van der Waals surface area contributed by atoms with Gasteiger partial charge in [0, 0.05) is 16.6 Å². The maximum Gasteiger partial charge on any atom is 0.147 e. The van der Waals surface area contributed by atoms with Gasteiger partial charge in [-0.2, -0.15) is 0 Å². The van der Waals surface area contributed by atoms with Crippen molar-refractivity contribution in [3.8, 4) is 11.5 Å². The van der Waals surface area contributed by atoms with E-state index in [-0.39, 0.29) is 0 Å². The number of halogens is 3. The fourth-order valence-corrected chi connectivity index (χ4v) is 2.16. The van der Waals surface area contributed by atoms with Crippen molar-refractivity contribution < 1.29 is 4.74 Å². The van der Waals surface area contributed by atoms with Crippen LogP contribution >= 0.6 is 39.1 Å². The van der Waals surface area contributed by atoms with Gasteiger partial charge in [-0.05, 0) is 34.1 Å². The summed E-state index contributed by atoms with van der Waals surface area (Å²) in [4.78, 5) is 0. The van der Waals surface area contributed by atoms with Crippen molar-refractivity contribution in [2.75, 3.05) is 11.5 Å². The maximum absolute atomic E-state index is 6.05. The zero-order valence-corrected chi connectivity index (χ0v) is 12.2. The Labute approximate surface area is 123 Å². The number of anilines is 2. The number of ether oxygens (including phenoxy) is 1. The van der Waals surface area contributed by atoms with E-state index in [1.807, 2.05) is 0 Å². The highest BCUT2D eigenvalue weighted by Gasteiger charge is 2.08. The van der Waals surface area contributed by atoms with Gasteiger partial charge in [-0.15, -0.1) is 0 Å². The van der Waals surface area contributed by atoms with Gasteiger partial charge in [-0.3, -0.25) is 0 Å².